The minimum absolute atomic E-state index is 0.533. The highest BCUT2D eigenvalue weighted by atomic mass is 127. The number of hydrogen-bond donors (Lipinski definition) is 1. The molecule has 70 valence electrons. The maximum atomic E-state index is 3.72. The number of nitrogens with one attached hydrogen (secondary N) is 1. The second-order valence-corrected chi connectivity index (χ2v) is 6.51. The minimum Gasteiger partial charge on any atom is -0.310 e. The fourth-order valence-corrected chi connectivity index (χ4v) is 4.40. The molecule has 0 spiro atoms. The Morgan fingerprint density at radius 3 is 3.00 bits per heavy atom. The van der Waals surface area contributed by atoms with Gasteiger partial charge in [-0.25, -0.2) is 0 Å². The molecule has 0 aromatic rings. The van der Waals surface area contributed by atoms with Crippen LogP contribution in [-0.2, 0) is 0 Å². The zero-order valence-electron chi connectivity index (χ0n) is 7.15. The third-order valence-corrected chi connectivity index (χ3v) is 6.43. The maximum absolute atomic E-state index is 3.72. The molecule has 1 saturated heterocycles. The Morgan fingerprint density at radius 2 is 2.25 bits per heavy atom. The van der Waals surface area contributed by atoms with Gasteiger partial charge in [0.25, 0.3) is 0 Å². The van der Waals surface area contributed by atoms with Crippen molar-refractivity contribution in [2.75, 3.05) is 11.0 Å². The van der Waals surface area contributed by atoms with Gasteiger partial charge in [0.05, 0.1) is 0 Å². The quantitative estimate of drug-likeness (QED) is 0.536. The topological polar surface area (TPSA) is 12.0 Å². The van der Waals surface area contributed by atoms with Gasteiger partial charge in [0, 0.05) is 13.9 Å². The highest BCUT2D eigenvalue weighted by molar-refractivity contribution is 14.1. The van der Waals surface area contributed by atoms with Gasteiger partial charge >= 0.3 is 0 Å². The van der Waals surface area contributed by atoms with Crippen molar-refractivity contribution in [1.29, 1.82) is 0 Å². The average molecular weight is 391 g/mol. The summed E-state index contributed by atoms with van der Waals surface area (Å²) >= 11 is 5.20. The molecule has 0 amide bonds. The third-order valence-electron chi connectivity index (χ3n) is 3.33. The van der Waals surface area contributed by atoms with Crippen LogP contribution in [0.1, 0.15) is 25.7 Å². The number of fused-ring (bicyclic) bond motifs is 2. The van der Waals surface area contributed by atoms with Crippen LogP contribution in [0.25, 0.3) is 0 Å². The molecule has 2 unspecified atom stereocenters. The molecule has 1 nitrogen and oxygen atoms in total. The van der Waals surface area contributed by atoms with Gasteiger partial charge < -0.3 is 5.32 Å². The largest absolute Gasteiger partial charge is 0.310 e. The number of rotatable bonds is 1. The lowest BCUT2D eigenvalue weighted by molar-refractivity contribution is 0.162. The Bertz CT molecular complexity index is 174. The van der Waals surface area contributed by atoms with Crippen LogP contribution in [0, 0.1) is 5.92 Å². The van der Waals surface area contributed by atoms with E-state index in [4.69, 9.17) is 0 Å². The van der Waals surface area contributed by atoms with Crippen molar-refractivity contribution < 1.29 is 0 Å². The zero-order valence-corrected chi connectivity index (χ0v) is 11.5. The molecule has 1 saturated carbocycles. The number of hydrogen-bond acceptors (Lipinski definition) is 1. The van der Waals surface area contributed by atoms with Crippen LogP contribution in [0.4, 0.5) is 0 Å². The predicted octanol–water partition coefficient (Wildman–Crippen LogP) is 2.76. The van der Waals surface area contributed by atoms with Gasteiger partial charge in [-0.1, -0.05) is 45.2 Å². The van der Waals surface area contributed by atoms with Gasteiger partial charge in [-0.05, 0) is 38.1 Å². The molecular formula is C9H15I2N. The van der Waals surface area contributed by atoms with E-state index in [2.05, 4.69) is 50.5 Å². The molecule has 3 heteroatoms. The van der Waals surface area contributed by atoms with E-state index >= 15 is 0 Å². The molecule has 3 atom stereocenters. The lowest BCUT2D eigenvalue weighted by Crippen LogP contribution is -2.56. The summed E-state index contributed by atoms with van der Waals surface area (Å²) in [6.45, 7) is 1.26. The molecule has 12 heavy (non-hydrogen) atoms. The molecule has 1 aliphatic carbocycles. The summed E-state index contributed by atoms with van der Waals surface area (Å²) in [5.74, 6) is 1.01. The standard InChI is InChI=1S/C9H15I2N/c10-6-9-3-1-8(11)7(5-9)2-4-12-9/h7-8,12H,1-6H2/t7-,8?,9?/m0/s1. The van der Waals surface area contributed by atoms with E-state index in [1.807, 2.05) is 0 Å². The lowest BCUT2D eigenvalue weighted by Gasteiger charge is -2.47. The van der Waals surface area contributed by atoms with Crippen LogP contribution >= 0.6 is 45.2 Å². The van der Waals surface area contributed by atoms with Gasteiger partial charge in [-0.2, -0.15) is 0 Å². The zero-order chi connectivity index (χ0) is 8.60. The van der Waals surface area contributed by atoms with Crippen molar-refractivity contribution in [2.24, 2.45) is 5.92 Å². The van der Waals surface area contributed by atoms with Crippen LogP contribution < -0.4 is 5.32 Å². The maximum Gasteiger partial charge on any atom is 0.0274 e. The van der Waals surface area contributed by atoms with E-state index in [1.54, 1.807) is 0 Å². The molecular weight excluding hydrogens is 376 g/mol. The smallest absolute Gasteiger partial charge is 0.0274 e. The van der Waals surface area contributed by atoms with E-state index in [0.717, 1.165) is 9.84 Å². The van der Waals surface area contributed by atoms with Crippen molar-refractivity contribution in [2.45, 2.75) is 35.1 Å². The first-order valence-corrected chi connectivity index (χ1v) is 7.48. The fourth-order valence-electron chi connectivity index (χ4n) is 2.52. The molecule has 1 aliphatic heterocycles. The third kappa shape index (κ3) is 1.78. The Morgan fingerprint density at radius 1 is 1.42 bits per heavy atom. The first-order chi connectivity index (χ1) is 5.76. The molecule has 1 N–H and O–H groups in total. The Balaban J connectivity index is 2.09. The highest BCUT2D eigenvalue weighted by Gasteiger charge is 2.41. The first-order valence-electron chi connectivity index (χ1n) is 4.71. The molecule has 2 fully saturated rings. The SMILES string of the molecule is ICC12CCC(I)[C@@H](CCN1)C2. The second-order valence-electron chi connectivity index (χ2n) is 4.15. The Hall–Kier alpha value is 1.42. The van der Waals surface area contributed by atoms with E-state index in [9.17, 15) is 0 Å². The van der Waals surface area contributed by atoms with Gasteiger partial charge in [-0.15, -0.1) is 0 Å². The molecule has 2 aliphatic rings. The second kappa shape index (κ2) is 3.88. The summed E-state index contributed by atoms with van der Waals surface area (Å²) in [4.78, 5) is 0. The summed E-state index contributed by atoms with van der Waals surface area (Å²) in [7, 11) is 0. The molecule has 1 heterocycles. The van der Waals surface area contributed by atoms with E-state index in [-0.39, 0.29) is 0 Å². The van der Waals surface area contributed by atoms with Crippen LogP contribution in [0.15, 0.2) is 0 Å². The average Bonchev–Trinajstić information content (AvgIpc) is 2.13. The van der Waals surface area contributed by atoms with Crippen LogP contribution in [0.2, 0.25) is 0 Å². The fraction of sp³-hybridized carbons (Fsp3) is 1.00. The van der Waals surface area contributed by atoms with E-state index in [0.29, 0.717) is 5.54 Å². The van der Waals surface area contributed by atoms with Crippen LogP contribution in [0.5, 0.6) is 0 Å². The van der Waals surface area contributed by atoms with Crippen LogP contribution in [0.3, 0.4) is 0 Å². The molecule has 2 rings (SSSR count). The molecule has 2 bridgehead atoms. The number of halogens is 2. The van der Waals surface area contributed by atoms with Crippen molar-refractivity contribution in [1.82, 2.24) is 5.32 Å². The van der Waals surface area contributed by atoms with Crippen molar-refractivity contribution >= 4 is 45.2 Å². The van der Waals surface area contributed by atoms with Gasteiger partial charge in [0.15, 0.2) is 0 Å². The summed E-state index contributed by atoms with van der Waals surface area (Å²) in [6, 6.07) is 0. The first kappa shape index (κ1) is 9.96. The van der Waals surface area contributed by atoms with E-state index in [1.165, 1.54) is 36.7 Å². The van der Waals surface area contributed by atoms with E-state index < -0.39 is 0 Å². The summed E-state index contributed by atoms with van der Waals surface area (Å²) in [5, 5.41) is 3.72. The van der Waals surface area contributed by atoms with Gasteiger partial charge in [0.2, 0.25) is 0 Å². The lowest BCUT2D eigenvalue weighted by atomic mass is 9.73. The summed E-state index contributed by atoms with van der Waals surface area (Å²) in [5.41, 5.74) is 0.533. The van der Waals surface area contributed by atoms with Gasteiger partial charge in [0.1, 0.15) is 0 Å². The predicted molar refractivity (Wildman–Crippen MR) is 69.4 cm³/mol. The van der Waals surface area contributed by atoms with Crippen molar-refractivity contribution in [3.05, 3.63) is 0 Å². The molecule has 0 aromatic carbocycles. The monoisotopic (exact) mass is 391 g/mol. The van der Waals surface area contributed by atoms with Crippen molar-refractivity contribution in [3.63, 3.8) is 0 Å². The Labute approximate surface area is 102 Å². The van der Waals surface area contributed by atoms with Gasteiger partial charge in [-0.3, -0.25) is 0 Å². The Kier molecular flexibility index (Phi) is 3.22. The molecule has 0 aromatic heterocycles. The van der Waals surface area contributed by atoms with Crippen molar-refractivity contribution in [3.8, 4) is 0 Å². The normalized spacial score (nSPS) is 47.5. The summed E-state index contributed by atoms with van der Waals surface area (Å²) in [6.07, 6.45) is 5.68. The van der Waals surface area contributed by atoms with Crippen LogP contribution in [-0.4, -0.2) is 20.4 Å². The highest BCUT2D eigenvalue weighted by Crippen LogP contribution is 2.41. The minimum atomic E-state index is 0.533. The number of alkyl halides is 2. The summed E-state index contributed by atoms with van der Waals surface area (Å²) < 4.78 is 2.26. The molecule has 0 radical (unpaired) electrons. The number of piperidine rings is 1.